The Balaban J connectivity index is 1.94. The van der Waals surface area contributed by atoms with Gasteiger partial charge >= 0.3 is 6.09 Å². The smallest absolute Gasteiger partial charge is 0.421 e. The first kappa shape index (κ1) is 25.0. The van der Waals surface area contributed by atoms with Gasteiger partial charge in [0, 0.05) is 29.4 Å². The molecular formula is C24H31N3O4S2. The third kappa shape index (κ3) is 6.45. The first-order valence-corrected chi connectivity index (χ1v) is 13.4. The third-order valence-corrected chi connectivity index (χ3v) is 8.31. The van der Waals surface area contributed by atoms with Crippen LogP contribution in [0.3, 0.4) is 0 Å². The number of hydrogen-bond donors (Lipinski definition) is 1. The zero-order valence-corrected chi connectivity index (χ0v) is 21.1. The van der Waals surface area contributed by atoms with Gasteiger partial charge in [-0.15, -0.1) is 11.3 Å². The van der Waals surface area contributed by atoms with Gasteiger partial charge in [0.15, 0.2) is 0 Å². The Kier molecular flexibility index (Phi) is 8.31. The van der Waals surface area contributed by atoms with Gasteiger partial charge in [0.2, 0.25) is 0 Å². The second-order valence-corrected chi connectivity index (χ2v) is 11.4. The van der Waals surface area contributed by atoms with E-state index in [9.17, 15) is 13.2 Å². The fraction of sp³-hybridized carbons (Fsp3) is 0.417. The molecule has 178 valence electrons. The lowest BCUT2D eigenvalue weighted by Crippen LogP contribution is -2.31. The number of carbonyl (C=O) groups excluding carboxylic acids is 1. The highest BCUT2D eigenvalue weighted by Crippen LogP contribution is 2.40. The predicted molar refractivity (Wildman–Crippen MR) is 131 cm³/mol. The second kappa shape index (κ2) is 11.0. The number of nitrogens with one attached hydrogen (secondary N) is 1. The molecule has 1 N–H and O–H groups in total. The van der Waals surface area contributed by atoms with Crippen LogP contribution < -0.4 is 4.72 Å². The van der Waals surface area contributed by atoms with Crippen molar-refractivity contribution in [1.29, 1.82) is 0 Å². The van der Waals surface area contributed by atoms with Crippen molar-refractivity contribution in [3.8, 4) is 11.1 Å². The number of aromatic nitrogens is 2. The fourth-order valence-corrected chi connectivity index (χ4v) is 6.53. The van der Waals surface area contributed by atoms with Crippen LogP contribution in [0.15, 0.2) is 47.2 Å². The van der Waals surface area contributed by atoms with Gasteiger partial charge in [0.1, 0.15) is 4.21 Å². The van der Waals surface area contributed by atoms with E-state index >= 15 is 0 Å². The number of ether oxygens (including phenoxy) is 1. The minimum Gasteiger partial charge on any atom is -0.449 e. The summed E-state index contributed by atoms with van der Waals surface area (Å²) in [6.07, 6.45) is 6.73. The Labute approximate surface area is 199 Å². The number of imidazole rings is 1. The molecule has 2 heterocycles. The van der Waals surface area contributed by atoms with Gasteiger partial charge in [-0.25, -0.2) is 22.9 Å². The van der Waals surface area contributed by atoms with Crippen molar-refractivity contribution in [2.75, 3.05) is 6.61 Å². The minimum absolute atomic E-state index is 0.144. The van der Waals surface area contributed by atoms with E-state index in [1.165, 1.54) is 11.3 Å². The number of unbranched alkanes of at least 4 members (excludes halogenated alkanes) is 1. The van der Waals surface area contributed by atoms with E-state index in [0.717, 1.165) is 34.4 Å². The average Bonchev–Trinajstić information content (AvgIpc) is 3.37. The molecule has 7 nitrogen and oxygen atoms in total. The molecule has 0 spiro atoms. The van der Waals surface area contributed by atoms with E-state index in [4.69, 9.17) is 4.74 Å². The van der Waals surface area contributed by atoms with Crippen LogP contribution in [0.2, 0.25) is 0 Å². The Bertz CT molecular complexity index is 1170. The fourth-order valence-electron chi connectivity index (χ4n) is 3.48. The number of thiophene rings is 1. The van der Waals surface area contributed by atoms with Crippen LogP contribution in [0.5, 0.6) is 0 Å². The molecule has 0 aliphatic heterocycles. The molecule has 0 aliphatic carbocycles. The maximum atomic E-state index is 13.2. The summed E-state index contributed by atoms with van der Waals surface area (Å²) < 4.78 is 35.6. The molecule has 0 atom stereocenters. The van der Waals surface area contributed by atoms with Gasteiger partial charge in [-0.1, -0.05) is 51.5 Å². The van der Waals surface area contributed by atoms with Gasteiger partial charge in [0.05, 0.1) is 12.9 Å². The van der Waals surface area contributed by atoms with Crippen LogP contribution in [-0.2, 0) is 27.7 Å². The lowest BCUT2D eigenvalue weighted by atomic mass is 9.99. The SMILES string of the molecule is CCCCOC(=O)NS(=O)(=O)c1sc(CC(C)C)c(C)c1-c1ccc(Cn2ccnc2)cc1. The normalized spacial score (nSPS) is 11.7. The number of benzene rings is 1. The summed E-state index contributed by atoms with van der Waals surface area (Å²) in [4.78, 5) is 17.2. The molecule has 0 radical (unpaired) electrons. The van der Waals surface area contributed by atoms with Crippen molar-refractivity contribution in [2.24, 2.45) is 5.92 Å². The van der Waals surface area contributed by atoms with Gasteiger partial charge in [0.25, 0.3) is 10.0 Å². The van der Waals surface area contributed by atoms with Crippen LogP contribution >= 0.6 is 11.3 Å². The molecule has 1 aromatic carbocycles. The zero-order valence-electron chi connectivity index (χ0n) is 19.5. The van der Waals surface area contributed by atoms with Crippen molar-refractivity contribution in [3.63, 3.8) is 0 Å². The summed E-state index contributed by atoms with van der Waals surface area (Å²) in [5, 5.41) is 0. The summed E-state index contributed by atoms with van der Waals surface area (Å²) in [5.74, 6) is 0.371. The molecule has 33 heavy (non-hydrogen) atoms. The molecule has 1 amide bonds. The van der Waals surface area contributed by atoms with Crippen LogP contribution in [0.1, 0.15) is 49.6 Å². The summed E-state index contributed by atoms with van der Waals surface area (Å²) in [7, 11) is -4.08. The topological polar surface area (TPSA) is 90.3 Å². The molecule has 2 aromatic heterocycles. The van der Waals surface area contributed by atoms with Crippen molar-refractivity contribution >= 4 is 27.5 Å². The summed E-state index contributed by atoms with van der Waals surface area (Å²) in [6.45, 7) is 8.97. The van der Waals surface area contributed by atoms with Crippen LogP contribution in [0.4, 0.5) is 4.79 Å². The Morgan fingerprint density at radius 1 is 1.24 bits per heavy atom. The van der Waals surface area contributed by atoms with Crippen molar-refractivity contribution in [1.82, 2.24) is 14.3 Å². The molecule has 0 aliphatic rings. The average molecular weight is 490 g/mol. The molecule has 0 bridgehead atoms. The summed E-state index contributed by atoms with van der Waals surface area (Å²) >= 11 is 1.22. The highest BCUT2D eigenvalue weighted by Gasteiger charge is 2.28. The van der Waals surface area contributed by atoms with Crippen LogP contribution in [0, 0.1) is 12.8 Å². The van der Waals surface area contributed by atoms with E-state index in [2.05, 4.69) is 23.6 Å². The Hall–Kier alpha value is -2.65. The standard InChI is InChI=1S/C24H31N3O4S2/c1-5-6-13-31-24(28)26-33(29,30)23-22(18(4)21(32-23)14-17(2)3)20-9-7-19(8-10-20)15-27-12-11-25-16-27/h7-12,16-17H,5-6,13-15H2,1-4H3,(H,26,28). The highest BCUT2D eigenvalue weighted by molar-refractivity contribution is 7.92. The monoisotopic (exact) mass is 489 g/mol. The Morgan fingerprint density at radius 3 is 2.58 bits per heavy atom. The van der Waals surface area contributed by atoms with E-state index in [-0.39, 0.29) is 10.8 Å². The van der Waals surface area contributed by atoms with Crippen molar-refractivity contribution in [3.05, 3.63) is 59.0 Å². The second-order valence-electron chi connectivity index (χ2n) is 8.44. The minimum atomic E-state index is -4.08. The molecule has 3 aromatic rings. The number of rotatable bonds is 10. The maximum absolute atomic E-state index is 13.2. The largest absolute Gasteiger partial charge is 0.449 e. The van der Waals surface area contributed by atoms with E-state index in [0.29, 0.717) is 24.4 Å². The highest BCUT2D eigenvalue weighted by atomic mass is 32.2. The van der Waals surface area contributed by atoms with Gasteiger partial charge in [-0.2, -0.15) is 0 Å². The lowest BCUT2D eigenvalue weighted by Gasteiger charge is -2.10. The summed E-state index contributed by atoms with van der Waals surface area (Å²) in [6, 6.07) is 7.83. The van der Waals surface area contributed by atoms with E-state index in [1.54, 1.807) is 12.5 Å². The van der Waals surface area contributed by atoms with Gasteiger partial charge in [-0.05, 0) is 42.4 Å². The maximum Gasteiger partial charge on any atom is 0.421 e. The first-order valence-electron chi connectivity index (χ1n) is 11.1. The number of nitrogens with zero attached hydrogens (tertiary/aromatic N) is 2. The number of hydrogen-bond acceptors (Lipinski definition) is 6. The van der Waals surface area contributed by atoms with Crippen molar-refractivity contribution < 1.29 is 17.9 Å². The van der Waals surface area contributed by atoms with E-state index in [1.807, 2.05) is 48.9 Å². The number of amides is 1. The van der Waals surface area contributed by atoms with Gasteiger partial charge < -0.3 is 9.30 Å². The quantitative estimate of drug-likeness (QED) is 0.386. The van der Waals surface area contributed by atoms with E-state index < -0.39 is 16.1 Å². The first-order chi connectivity index (χ1) is 15.7. The number of sulfonamides is 1. The predicted octanol–water partition coefficient (Wildman–Crippen LogP) is 5.38. The molecule has 0 fully saturated rings. The molecule has 3 rings (SSSR count). The molecule has 0 saturated heterocycles. The number of carbonyl (C=O) groups is 1. The molecule has 0 saturated carbocycles. The van der Waals surface area contributed by atoms with Crippen LogP contribution in [0.25, 0.3) is 11.1 Å². The molecule has 0 unspecified atom stereocenters. The van der Waals surface area contributed by atoms with Crippen LogP contribution in [-0.4, -0.2) is 30.7 Å². The lowest BCUT2D eigenvalue weighted by molar-refractivity contribution is 0.151. The zero-order chi connectivity index (χ0) is 24.0. The molecular weight excluding hydrogens is 458 g/mol. The van der Waals surface area contributed by atoms with Gasteiger partial charge in [-0.3, -0.25) is 0 Å². The third-order valence-electron chi connectivity index (χ3n) is 5.17. The molecule has 9 heteroatoms. The summed E-state index contributed by atoms with van der Waals surface area (Å²) in [5.41, 5.74) is 3.44. The Morgan fingerprint density at radius 2 is 1.97 bits per heavy atom. The van der Waals surface area contributed by atoms with Crippen molar-refractivity contribution in [2.45, 2.75) is 57.7 Å².